The molecule has 0 atom stereocenters. The Labute approximate surface area is 71.8 Å². The van der Waals surface area contributed by atoms with Crippen LogP contribution in [0.5, 0.6) is 0 Å². The minimum absolute atomic E-state index is 0. The van der Waals surface area contributed by atoms with Gasteiger partial charge in [-0.1, -0.05) is 14.9 Å². The van der Waals surface area contributed by atoms with Crippen molar-refractivity contribution < 1.29 is 37.5 Å². The number of carbonyl (C=O) groups excluding carboxylic acids is 1. The van der Waals surface area contributed by atoms with E-state index in [1.54, 1.807) is 0 Å². The molecule has 0 saturated heterocycles. The van der Waals surface area contributed by atoms with Crippen molar-refractivity contribution >= 4 is 5.78 Å². The second kappa shape index (κ2) is 15.9. The Morgan fingerprint density at radius 3 is 1.14 bits per heavy atom. The summed E-state index contributed by atoms with van der Waals surface area (Å²) in [6.07, 6.45) is 0. The molecule has 0 rings (SSSR count). The zero-order valence-corrected chi connectivity index (χ0v) is 6.32. The summed E-state index contributed by atoms with van der Waals surface area (Å²) in [6, 6.07) is 0. The fourth-order valence-electron chi connectivity index (χ4n) is 0. The summed E-state index contributed by atoms with van der Waals surface area (Å²) in [4.78, 5) is 9.44. The van der Waals surface area contributed by atoms with E-state index in [9.17, 15) is 4.79 Å². The van der Waals surface area contributed by atoms with E-state index in [0.717, 1.165) is 0 Å². The Bertz CT molecular complexity index is 31.1. The predicted octanol–water partition coefficient (Wildman–Crippen LogP) is 1.86. The zero-order valence-electron chi connectivity index (χ0n) is 3.49. The van der Waals surface area contributed by atoms with E-state index >= 15 is 0 Å². The number of hydrogen-bond donors (Lipinski definition) is 0. The van der Waals surface area contributed by atoms with Crippen molar-refractivity contribution in [1.29, 1.82) is 0 Å². The molecule has 0 unspecified atom stereocenters. The van der Waals surface area contributed by atoms with Crippen LogP contribution in [0.25, 0.3) is 0 Å². The van der Waals surface area contributed by atoms with Crippen LogP contribution >= 0.6 is 0 Å². The van der Waals surface area contributed by atoms with Gasteiger partial charge in [0.05, 0.1) is 0 Å². The average molecular weight is 179 g/mol. The molecule has 0 heterocycles. The van der Waals surface area contributed by atoms with Crippen molar-refractivity contribution in [3.8, 4) is 0 Å². The van der Waals surface area contributed by atoms with Crippen molar-refractivity contribution in [3.05, 3.63) is 0 Å². The Morgan fingerprint density at radius 1 is 1.14 bits per heavy atom. The van der Waals surface area contributed by atoms with Crippen LogP contribution in [0.3, 0.4) is 0 Å². The minimum Gasteiger partial charge on any atom is -0.300 e. The molecule has 0 aromatic carbocycles. The molecule has 0 amide bonds. The number of Topliss-reactive ketones (excluding diaryl/α,β-unsaturated/α-hetero) is 1. The van der Waals surface area contributed by atoms with Crippen LogP contribution in [0, 0.1) is 0 Å². The van der Waals surface area contributed by atoms with Crippen LogP contribution < -0.4 is 0 Å². The van der Waals surface area contributed by atoms with E-state index < -0.39 is 0 Å². The Morgan fingerprint density at radius 2 is 1.14 bits per heavy atom. The number of hydrogen-bond acceptors (Lipinski definition) is 1. The largest absolute Gasteiger partial charge is 0.300 e. The summed E-state index contributed by atoms with van der Waals surface area (Å²) in [5.74, 6) is 0.167. The standard InChI is InChI=1S/C3H6O.2CH4.Y/c1-3(2)4;;;/h1-2H3;2*1H4;. The Kier molecular flexibility index (Phi) is 56.7. The van der Waals surface area contributed by atoms with Crippen LogP contribution in [-0.4, -0.2) is 5.78 Å². The predicted molar refractivity (Wildman–Crippen MR) is 29.8 cm³/mol. The fourth-order valence-corrected chi connectivity index (χ4v) is 0. The minimum atomic E-state index is 0. The smallest absolute Gasteiger partial charge is 0.126 e. The van der Waals surface area contributed by atoms with E-state index in [4.69, 9.17) is 0 Å². The van der Waals surface area contributed by atoms with Gasteiger partial charge < -0.3 is 4.79 Å². The summed E-state index contributed by atoms with van der Waals surface area (Å²) in [5.41, 5.74) is 0. The van der Waals surface area contributed by atoms with Gasteiger partial charge in [0, 0.05) is 32.7 Å². The molecular formula is C5H14OY. The molecule has 0 aliphatic heterocycles. The number of rotatable bonds is 0. The molecule has 0 aliphatic carbocycles. The van der Waals surface area contributed by atoms with Gasteiger partial charge in [-0.3, -0.25) is 0 Å². The van der Waals surface area contributed by atoms with E-state index in [1.807, 2.05) is 0 Å². The Balaban J connectivity index is -0.0000000150. The maximum Gasteiger partial charge on any atom is 0.126 e. The van der Waals surface area contributed by atoms with Gasteiger partial charge in [0.2, 0.25) is 0 Å². The van der Waals surface area contributed by atoms with Crippen LogP contribution in [0.15, 0.2) is 0 Å². The van der Waals surface area contributed by atoms with Crippen molar-refractivity contribution in [3.63, 3.8) is 0 Å². The van der Waals surface area contributed by atoms with Crippen LogP contribution in [0.1, 0.15) is 28.7 Å². The summed E-state index contributed by atoms with van der Waals surface area (Å²) >= 11 is 0. The molecule has 0 bridgehead atoms. The molecule has 7 heavy (non-hydrogen) atoms. The second-order valence-corrected chi connectivity index (χ2v) is 0.908. The van der Waals surface area contributed by atoms with Gasteiger partial charge in [0.25, 0.3) is 0 Å². The fraction of sp³-hybridized carbons (Fsp3) is 0.800. The monoisotopic (exact) mass is 179 g/mol. The maximum absolute atomic E-state index is 9.44. The van der Waals surface area contributed by atoms with Crippen LogP contribution in [-0.2, 0) is 37.5 Å². The average Bonchev–Trinajstić information content (AvgIpc) is 0.811. The zero-order chi connectivity index (χ0) is 3.58. The van der Waals surface area contributed by atoms with Gasteiger partial charge in [0.15, 0.2) is 0 Å². The summed E-state index contributed by atoms with van der Waals surface area (Å²) in [7, 11) is 0. The molecule has 0 aromatic rings. The van der Waals surface area contributed by atoms with E-state index in [0.29, 0.717) is 0 Å². The van der Waals surface area contributed by atoms with Crippen molar-refractivity contribution in [1.82, 2.24) is 0 Å². The molecule has 0 spiro atoms. The summed E-state index contributed by atoms with van der Waals surface area (Å²) < 4.78 is 0. The SMILES string of the molecule is C.C.CC(C)=O.[Y]. The van der Waals surface area contributed by atoms with Gasteiger partial charge in [-0.05, 0) is 13.8 Å². The topological polar surface area (TPSA) is 17.1 Å². The third kappa shape index (κ3) is 258. The van der Waals surface area contributed by atoms with E-state index in [-0.39, 0.29) is 53.3 Å². The molecule has 0 aliphatic rings. The molecule has 2 heteroatoms. The maximum atomic E-state index is 9.44. The summed E-state index contributed by atoms with van der Waals surface area (Å²) in [6.45, 7) is 3.06. The molecule has 43 valence electrons. The van der Waals surface area contributed by atoms with Crippen molar-refractivity contribution in [2.24, 2.45) is 0 Å². The molecule has 0 N–H and O–H groups in total. The number of ketones is 1. The van der Waals surface area contributed by atoms with Gasteiger partial charge in [-0.15, -0.1) is 0 Å². The third-order valence-electron chi connectivity index (χ3n) is 0. The van der Waals surface area contributed by atoms with Gasteiger partial charge in [0.1, 0.15) is 5.78 Å². The van der Waals surface area contributed by atoms with Crippen LogP contribution in [0.2, 0.25) is 0 Å². The molecule has 0 aromatic heterocycles. The van der Waals surface area contributed by atoms with Crippen LogP contribution in [0.4, 0.5) is 0 Å². The molecule has 1 radical (unpaired) electrons. The van der Waals surface area contributed by atoms with Gasteiger partial charge in [-0.25, -0.2) is 0 Å². The van der Waals surface area contributed by atoms with E-state index in [1.165, 1.54) is 13.8 Å². The first-order valence-corrected chi connectivity index (χ1v) is 1.20. The second-order valence-electron chi connectivity index (χ2n) is 0.908. The molecule has 1 nitrogen and oxygen atoms in total. The normalized spacial score (nSPS) is 3.71. The number of carbonyl (C=O) groups is 1. The molecule has 0 fully saturated rings. The molecule has 0 saturated carbocycles. The quantitative estimate of drug-likeness (QED) is 0.554. The summed E-state index contributed by atoms with van der Waals surface area (Å²) in [5, 5.41) is 0. The van der Waals surface area contributed by atoms with Crippen molar-refractivity contribution in [2.75, 3.05) is 0 Å². The van der Waals surface area contributed by atoms with Gasteiger partial charge >= 0.3 is 0 Å². The Hall–Kier alpha value is 0.774. The first-order chi connectivity index (χ1) is 1.73. The first kappa shape index (κ1) is 25.0. The van der Waals surface area contributed by atoms with Gasteiger partial charge in [-0.2, -0.15) is 0 Å². The first-order valence-electron chi connectivity index (χ1n) is 1.20. The van der Waals surface area contributed by atoms with Crippen molar-refractivity contribution in [2.45, 2.75) is 28.7 Å². The third-order valence-corrected chi connectivity index (χ3v) is 0. The van der Waals surface area contributed by atoms with E-state index in [2.05, 4.69) is 0 Å². The molecular weight excluding hydrogens is 165 g/mol.